The fraction of sp³-hybridized carbons (Fsp3) is 0.750. The van der Waals surface area contributed by atoms with E-state index in [0.29, 0.717) is 19.3 Å². The van der Waals surface area contributed by atoms with Crippen LogP contribution in [0.4, 0.5) is 4.39 Å². The van der Waals surface area contributed by atoms with Crippen molar-refractivity contribution in [1.29, 1.82) is 0 Å². The maximum Gasteiger partial charge on any atom is 0.178 e. The first-order valence-corrected chi connectivity index (χ1v) is 10.9. The number of fused-ring (bicyclic) bond motifs is 5. The fourth-order valence-electron chi connectivity index (χ4n) is 7.95. The maximum atomic E-state index is 17.2. The zero-order valence-electron chi connectivity index (χ0n) is 18.1. The van der Waals surface area contributed by atoms with Gasteiger partial charge in [0.05, 0.1) is 6.10 Å². The van der Waals surface area contributed by atoms with Crippen LogP contribution in [0.3, 0.4) is 0 Å². The van der Waals surface area contributed by atoms with E-state index in [1.807, 2.05) is 20.8 Å². The number of allylic oxidation sites excluding steroid dienone is 4. The molecule has 0 radical (unpaired) electrons. The van der Waals surface area contributed by atoms with Gasteiger partial charge in [-0.1, -0.05) is 39.3 Å². The quantitative estimate of drug-likeness (QED) is 0.736. The Labute approximate surface area is 172 Å². The van der Waals surface area contributed by atoms with Crippen LogP contribution in [0.2, 0.25) is 0 Å². The minimum atomic E-state index is -1.96. The van der Waals surface area contributed by atoms with Crippen LogP contribution in [0.25, 0.3) is 0 Å². The van der Waals surface area contributed by atoms with Gasteiger partial charge in [0, 0.05) is 23.2 Å². The molecule has 0 heterocycles. The molecular formula is C24H33FO4. The summed E-state index contributed by atoms with van der Waals surface area (Å²) in [5.74, 6) is -1.20. The van der Waals surface area contributed by atoms with Crippen molar-refractivity contribution in [2.45, 2.75) is 84.1 Å². The van der Waals surface area contributed by atoms with E-state index in [2.05, 4.69) is 0 Å². The summed E-state index contributed by atoms with van der Waals surface area (Å²) in [7, 11) is 0. The molecule has 4 aliphatic carbocycles. The predicted octanol–water partition coefficient (Wildman–Crippen LogP) is 3.70. The lowest BCUT2D eigenvalue weighted by Crippen LogP contribution is -2.72. The standard InChI is InChI=1S/C24H33FO4/c1-6-18(27)24(29)14(2)12-21(4)17-8-7-15-11-16(26)9-10-20(15,3)23(17,25)19(28)13-22(21,24)5/h9-11,14,17,19,28-29H,6-8,12-13H2,1-5H3/t14-,17+,19+,20+,21+,22+,23+,24+/m1/s1. The molecule has 0 unspecified atom stereocenters. The van der Waals surface area contributed by atoms with Gasteiger partial charge >= 0.3 is 0 Å². The summed E-state index contributed by atoms with van der Waals surface area (Å²) in [6.07, 6.45) is 5.07. The number of carbonyl (C=O) groups excluding carboxylic acids is 2. The molecule has 160 valence electrons. The maximum absolute atomic E-state index is 17.2. The molecule has 3 fully saturated rings. The van der Waals surface area contributed by atoms with E-state index in [1.54, 1.807) is 19.9 Å². The molecular weight excluding hydrogens is 371 g/mol. The number of aliphatic hydroxyl groups excluding tert-OH is 1. The van der Waals surface area contributed by atoms with Crippen LogP contribution in [0.15, 0.2) is 23.8 Å². The van der Waals surface area contributed by atoms with Crippen molar-refractivity contribution in [2.75, 3.05) is 0 Å². The summed E-state index contributed by atoms with van der Waals surface area (Å²) in [6.45, 7) is 9.29. The van der Waals surface area contributed by atoms with E-state index in [4.69, 9.17) is 0 Å². The Kier molecular flexibility index (Phi) is 4.24. The van der Waals surface area contributed by atoms with Crippen LogP contribution < -0.4 is 0 Å². The average molecular weight is 405 g/mol. The third-order valence-corrected chi connectivity index (χ3v) is 9.72. The molecule has 0 aromatic rings. The first-order valence-electron chi connectivity index (χ1n) is 10.9. The van der Waals surface area contributed by atoms with E-state index in [9.17, 15) is 19.8 Å². The Balaban J connectivity index is 1.90. The summed E-state index contributed by atoms with van der Waals surface area (Å²) in [5, 5.41) is 23.0. The third kappa shape index (κ3) is 2.06. The smallest absolute Gasteiger partial charge is 0.178 e. The van der Waals surface area contributed by atoms with Crippen molar-refractivity contribution in [3.8, 4) is 0 Å². The molecule has 29 heavy (non-hydrogen) atoms. The van der Waals surface area contributed by atoms with Crippen LogP contribution in [0, 0.1) is 28.1 Å². The zero-order valence-corrected chi connectivity index (χ0v) is 18.1. The highest BCUT2D eigenvalue weighted by Crippen LogP contribution is 2.75. The molecule has 0 spiro atoms. The number of aliphatic hydroxyl groups is 2. The van der Waals surface area contributed by atoms with Crippen LogP contribution in [-0.4, -0.2) is 39.2 Å². The number of ketones is 2. The van der Waals surface area contributed by atoms with Gasteiger partial charge in [-0.3, -0.25) is 9.59 Å². The van der Waals surface area contributed by atoms with Crippen molar-refractivity contribution in [3.63, 3.8) is 0 Å². The SMILES string of the molecule is CCC(=O)[C@@]1(O)[C@H](C)C[C@@]2(C)[C@@H]3CCC4=CC(=O)C=C[C@]4(C)[C@@]3(F)[C@@H](O)C[C@@]21C. The molecule has 4 rings (SSSR count). The van der Waals surface area contributed by atoms with E-state index >= 15 is 4.39 Å². The van der Waals surface area contributed by atoms with Gasteiger partial charge in [-0.2, -0.15) is 0 Å². The number of hydrogen-bond acceptors (Lipinski definition) is 4. The summed E-state index contributed by atoms with van der Waals surface area (Å²) in [4.78, 5) is 24.9. The van der Waals surface area contributed by atoms with Crippen molar-refractivity contribution in [1.82, 2.24) is 0 Å². The molecule has 0 aliphatic heterocycles. The Morgan fingerprint density at radius 3 is 2.55 bits per heavy atom. The number of carbonyl (C=O) groups is 2. The van der Waals surface area contributed by atoms with Crippen LogP contribution in [0.1, 0.15) is 66.7 Å². The molecule has 3 saturated carbocycles. The monoisotopic (exact) mass is 404 g/mol. The molecule has 2 N–H and O–H groups in total. The van der Waals surface area contributed by atoms with Gasteiger partial charge in [0.1, 0.15) is 5.60 Å². The number of rotatable bonds is 2. The van der Waals surface area contributed by atoms with E-state index in [0.717, 1.165) is 5.57 Å². The van der Waals surface area contributed by atoms with E-state index in [-0.39, 0.29) is 30.3 Å². The number of alkyl halides is 1. The lowest BCUT2D eigenvalue weighted by molar-refractivity contribution is -0.247. The predicted molar refractivity (Wildman–Crippen MR) is 108 cm³/mol. The van der Waals surface area contributed by atoms with Crippen molar-refractivity contribution in [3.05, 3.63) is 23.8 Å². The average Bonchev–Trinajstić information content (AvgIpc) is 2.81. The molecule has 0 amide bonds. The molecule has 0 bridgehead atoms. The highest BCUT2D eigenvalue weighted by atomic mass is 19.1. The van der Waals surface area contributed by atoms with Crippen LogP contribution in [0.5, 0.6) is 0 Å². The lowest BCUT2D eigenvalue weighted by atomic mass is 9.40. The van der Waals surface area contributed by atoms with E-state index in [1.165, 1.54) is 12.2 Å². The molecule has 0 aromatic carbocycles. The van der Waals surface area contributed by atoms with E-state index < -0.39 is 39.5 Å². The van der Waals surface area contributed by atoms with Gasteiger partial charge in [-0.05, 0) is 56.1 Å². The topological polar surface area (TPSA) is 74.6 Å². The van der Waals surface area contributed by atoms with Gasteiger partial charge in [0.25, 0.3) is 0 Å². The van der Waals surface area contributed by atoms with Crippen molar-refractivity contribution < 1.29 is 24.2 Å². The highest BCUT2D eigenvalue weighted by molar-refractivity contribution is 6.01. The van der Waals surface area contributed by atoms with Crippen LogP contribution >= 0.6 is 0 Å². The molecule has 4 nitrogen and oxygen atoms in total. The van der Waals surface area contributed by atoms with Gasteiger partial charge < -0.3 is 10.2 Å². The van der Waals surface area contributed by atoms with Gasteiger partial charge in [-0.15, -0.1) is 0 Å². The largest absolute Gasteiger partial charge is 0.390 e. The summed E-state index contributed by atoms with van der Waals surface area (Å²) in [5.41, 5.74) is -5.42. The highest BCUT2D eigenvalue weighted by Gasteiger charge is 2.79. The first kappa shape index (κ1) is 20.9. The summed E-state index contributed by atoms with van der Waals surface area (Å²) < 4.78 is 17.2. The van der Waals surface area contributed by atoms with Crippen LogP contribution in [-0.2, 0) is 9.59 Å². The second-order valence-electron chi connectivity index (χ2n) is 10.6. The van der Waals surface area contributed by atoms with Gasteiger partial charge in [0.2, 0.25) is 0 Å². The second-order valence-corrected chi connectivity index (χ2v) is 10.6. The summed E-state index contributed by atoms with van der Waals surface area (Å²) >= 11 is 0. The molecule has 5 heteroatoms. The Morgan fingerprint density at radius 1 is 1.28 bits per heavy atom. The second kappa shape index (κ2) is 5.88. The molecule has 4 aliphatic rings. The Bertz CT molecular complexity index is 848. The number of hydrogen-bond donors (Lipinski definition) is 2. The number of Topliss-reactive ketones (excluding diaryl/α,β-unsaturated/α-hetero) is 1. The Hall–Kier alpha value is -1.33. The van der Waals surface area contributed by atoms with Gasteiger partial charge in [-0.25, -0.2) is 4.39 Å². The fourth-order valence-corrected chi connectivity index (χ4v) is 7.95. The minimum absolute atomic E-state index is 0.0216. The zero-order chi connectivity index (χ0) is 21.6. The molecule has 8 atom stereocenters. The number of halogens is 1. The molecule has 0 saturated heterocycles. The third-order valence-electron chi connectivity index (χ3n) is 9.72. The van der Waals surface area contributed by atoms with Crippen molar-refractivity contribution in [2.24, 2.45) is 28.1 Å². The first-order chi connectivity index (χ1) is 13.3. The summed E-state index contributed by atoms with van der Waals surface area (Å²) in [6, 6.07) is 0. The lowest BCUT2D eigenvalue weighted by Gasteiger charge is -2.66. The molecule has 0 aromatic heterocycles. The minimum Gasteiger partial charge on any atom is -0.390 e. The Morgan fingerprint density at radius 2 is 1.93 bits per heavy atom. The van der Waals surface area contributed by atoms with Gasteiger partial charge in [0.15, 0.2) is 17.2 Å². The van der Waals surface area contributed by atoms with Crippen molar-refractivity contribution >= 4 is 11.6 Å². The normalized spacial score (nSPS) is 53.7.